The fourth-order valence-corrected chi connectivity index (χ4v) is 2.03. The third-order valence-corrected chi connectivity index (χ3v) is 3.44. The average Bonchev–Trinajstić information content (AvgIpc) is 1.99. The van der Waals surface area contributed by atoms with Gasteiger partial charge in [0, 0.05) is 18.6 Å². The Morgan fingerprint density at radius 2 is 1.79 bits per heavy atom. The van der Waals surface area contributed by atoms with E-state index >= 15 is 0 Å². The fraction of sp³-hybridized carbons (Fsp3) is 1.00. The Kier molecular flexibility index (Phi) is 3.96. The summed E-state index contributed by atoms with van der Waals surface area (Å²) < 4.78 is 0. The molecule has 2 N–H and O–H groups in total. The summed E-state index contributed by atoms with van der Waals surface area (Å²) in [5.74, 6) is 1.45. The Balaban J connectivity index is 2.10. The van der Waals surface area contributed by atoms with E-state index in [1.165, 1.54) is 19.4 Å². The predicted molar refractivity (Wildman–Crippen MR) is 62.3 cm³/mol. The van der Waals surface area contributed by atoms with Gasteiger partial charge < -0.3 is 5.73 Å². The van der Waals surface area contributed by atoms with Gasteiger partial charge in [0.05, 0.1) is 0 Å². The van der Waals surface area contributed by atoms with E-state index in [-0.39, 0.29) is 5.54 Å². The summed E-state index contributed by atoms with van der Waals surface area (Å²) in [6.45, 7) is 12.5. The lowest BCUT2D eigenvalue weighted by Crippen LogP contribution is -2.69. The molecule has 0 amide bonds. The first-order valence-electron chi connectivity index (χ1n) is 5.95. The Morgan fingerprint density at radius 3 is 2.21 bits per heavy atom. The number of nitrogens with two attached hydrogens (primary N) is 1. The van der Waals surface area contributed by atoms with Crippen LogP contribution >= 0.6 is 0 Å². The quantitative estimate of drug-likeness (QED) is 0.733. The molecule has 1 aliphatic rings. The molecular formula is C12H26N2. The van der Waals surface area contributed by atoms with Crippen LogP contribution in [0.2, 0.25) is 0 Å². The molecule has 0 unspecified atom stereocenters. The van der Waals surface area contributed by atoms with E-state index in [2.05, 4.69) is 32.6 Å². The first kappa shape index (κ1) is 12.0. The number of nitrogens with zero attached hydrogens (tertiary/aromatic N) is 1. The summed E-state index contributed by atoms with van der Waals surface area (Å²) in [6, 6.07) is 0. The zero-order valence-corrected chi connectivity index (χ0v) is 10.2. The first-order valence-corrected chi connectivity index (χ1v) is 5.95. The summed E-state index contributed by atoms with van der Waals surface area (Å²) in [4.78, 5) is 2.49. The lowest BCUT2D eigenvalue weighted by Gasteiger charge is -2.50. The molecule has 1 aliphatic heterocycles. The highest BCUT2D eigenvalue weighted by atomic mass is 15.2. The summed E-state index contributed by atoms with van der Waals surface area (Å²) >= 11 is 0. The summed E-state index contributed by atoms with van der Waals surface area (Å²) in [5, 5.41) is 0. The molecule has 1 heterocycles. The maximum absolute atomic E-state index is 6.23. The third kappa shape index (κ3) is 2.96. The van der Waals surface area contributed by atoms with Gasteiger partial charge in [0.1, 0.15) is 0 Å². The molecule has 0 aromatic rings. The standard InChI is InChI=1S/C12H26N2/c1-10(2)6-5-7-14-8-12(13,9-14)11(3)4/h10-11H,5-9,13H2,1-4H3. The minimum absolute atomic E-state index is 0.109. The maximum atomic E-state index is 6.23. The van der Waals surface area contributed by atoms with Gasteiger partial charge >= 0.3 is 0 Å². The molecule has 14 heavy (non-hydrogen) atoms. The molecule has 1 fully saturated rings. The van der Waals surface area contributed by atoms with Crippen LogP contribution in [0.3, 0.4) is 0 Å². The molecule has 0 bridgehead atoms. The number of likely N-dealkylation sites (tertiary alicyclic amines) is 1. The van der Waals surface area contributed by atoms with Crippen molar-refractivity contribution in [1.29, 1.82) is 0 Å². The highest BCUT2D eigenvalue weighted by Crippen LogP contribution is 2.26. The summed E-state index contributed by atoms with van der Waals surface area (Å²) in [6.07, 6.45) is 2.67. The zero-order chi connectivity index (χ0) is 10.8. The molecule has 84 valence electrons. The van der Waals surface area contributed by atoms with E-state index in [9.17, 15) is 0 Å². The van der Waals surface area contributed by atoms with E-state index < -0.39 is 0 Å². The highest BCUT2D eigenvalue weighted by molar-refractivity contribution is 5.01. The Hall–Kier alpha value is -0.0800. The molecule has 0 saturated carbocycles. The van der Waals surface area contributed by atoms with Gasteiger partial charge in [-0.2, -0.15) is 0 Å². The van der Waals surface area contributed by atoms with Crippen LogP contribution in [0.1, 0.15) is 40.5 Å². The smallest absolute Gasteiger partial charge is 0.0435 e. The minimum Gasteiger partial charge on any atom is -0.323 e. The number of hydrogen-bond acceptors (Lipinski definition) is 2. The Labute approximate surface area is 88.8 Å². The van der Waals surface area contributed by atoms with Crippen LogP contribution in [0.15, 0.2) is 0 Å². The van der Waals surface area contributed by atoms with Gasteiger partial charge in [-0.25, -0.2) is 0 Å². The molecule has 1 rings (SSSR count). The van der Waals surface area contributed by atoms with Gasteiger partial charge in [-0.1, -0.05) is 27.7 Å². The predicted octanol–water partition coefficient (Wildman–Crippen LogP) is 2.09. The van der Waals surface area contributed by atoms with E-state index in [0.717, 1.165) is 19.0 Å². The van der Waals surface area contributed by atoms with Gasteiger partial charge in [-0.05, 0) is 31.2 Å². The molecule has 0 aliphatic carbocycles. The molecule has 0 aromatic carbocycles. The monoisotopic (exact) mass is 198 g/mol. The van der Waals surface area contributed by atoms with Crippen LogP contribution in [-0.2, 0) is 0 Å². The second-order valence-corrected chi connectivity index (χ2v) is 5.63. The van der Waals surface area contributed by atoms with E-state index in [1.54, 1.807) is 0 Å². The molecule has 1 saturated heterocycles. The molecule has 0 aromatic heterocycles. The van der Waals surface area contributed by atoms with Crippen molar-refractivity contribution in [3.05, 3.63) is 0 Å². The zero-order valence-electron chi connectivity index (χ0n) is 10.2. The van der Waals surface area contributed by atoms with Crippen molar-refractivity contribution < 1.29 is 0 Å². The molecule has 2 heteroatoms. The molecule has 0 atom stereocenters. The van der Waals surface area contributed by atoms with Crippen LogP contribution in [-0.4, -0.2) is 30.1 Å². The van der Waals surface area contributed by atoms with Gasteiger partial charge in [-0.15, -0.1) is 0 Å². The maximum Gasteiger partial charge on any atom is 0.0435 e. The average molecular weight is 198 g/mol. The van der Waals surface area contributed by atoms with Crippen molar-refractivity contribution in [2.45, 2.75) is 46.1 Å². The SMILES string of the molecule is CC(C)CCCN1CC(N)(C(C)C)C1. The van der Waals surface area contributed by atoms with E-state index in [4.69, 9.17) is 5.73 Å². The van der Waals surface area contributed by atoms with Gasteiger partial charge in [0.2, 0.25) is 0 Å². The highest BCUT2D eigenvalue weighted by Gasteiger charge is 2.41. The minimum atomic E-state index is 0.109. The van der Waals surface area contributed by atoms with Crippen LogP contribution in [0.4, 0.5) is 0 Å². The lowest BCUT2D eigenvalue weighted by molar-refractivity contribution is 0.0361. The van der Waals surface area contributed by atoms with Gasteiger partial charge in [0.15, 0.2) is 0 Å². The number of hydrogen-bond donors (Lipinski definition) is 1. The molecule has 0 spiro atoms. The first-order chi connectivity index (χ1) is 6.44. The molecule has 0 radical (unpaired) electrons. The normalized spacial score (nSPS) is 21.6. The second kappa shape index (κ2) is 4.63. The van der Waals surface area contributed by atoms with Gasteiger partial charge in [0.25, 0.3) is 0 Å². The van der Waals surface area contributed by atoms with Crippen molar-refractivity contribution in [3.63, 3.8) is 0 Å². The van der Waals surface area contributed by atoms with Crippen LogP contribution in [0.5, 0.6) is 0 Å². The molecular weight excluding hydrogens is 172 g/mol. The van der Waals surface area contributed by atoms with Crippen molar-refractivity contribution in [2.24, 2.45) is 17.6 Å². The summed E-state index contributed by atoms with van der Waals surface area (Å²) in [7, 11) is 0. The summed E-state index contributed by atoms with van der Waals surface area (Å²) in [5.41, 5.74) is 6.33. The Bertz CT molecular complexity index is 169. The van der Waals surface area contributed by atoms with Crippen molar-refractivity contribution in [1.82, 2.24) is 4.90 Å². The lowest BCUT2D eigenvalue weighted by atomic mass is 9.80. The van der Waals surface area contributed by atoms with Crippen molar-refractivity contribution >= 4 is 0 Å². The second-order valence-electron chi connectivity index (χ2n) is 5.63. The Morgan fingerprint density at radius 1 is 1.21 bits per heavy atom. The largest absolute Gasteiger partial charge is 0.323 e. The fourth-order valence-electron chi connectivity index (χ4n) is 2.03. The van der Waals surface area contributed by atoms with Crippen LogP contribution in [0.25, 0.3) is 0 Å². The third-order valence-electron chi connectivity index (χ3n) is 3.44. The van der Waals surface area contributed by atoms with E-state index in [1.807, 2.05) is 0 Å². The van der Waals surface area contributed by atoms with Crippen LogP contribution in [0, 0.1) is 11.8 Å². The van der Waals surface area contributed by atoms with Gasteiger partial charge in [-0.3, -0.25) is 4.90 Å². The topological polar surface area (TPSA) is 29.3 Å². The molecule has 2 nitrogen and oxygen atoms in total. The van der Waals surface area contributed by atoms with E-state index in [0.29, 0.717) is 5.92 Å². The van der Waals surface area contributed by atoms with Crippen molar-refractivity contribution in [2.75, 3.05) is 19.6 Å². The van der Waals surface area contributed by atoms with Crippen molar-refractivity contribution in [3.8, 4) is 0 Å². The van der Waals surface area contributed by atoms with Crippen LogP contribution < -0.4 is 5.73 Å². The number of rotatable bonds is 5.